The second-order valence-corrected chi connectivity index (χ2v) is 13.9. The van der Waals surface area contributed by atoms with Gasteiger partial charge in [0.25, 0.3) is 6.47 Å². The van der Waals surface area contributed by atoms with Gasteiger partial charge in [0.15, 0.2) is 0 Å². The van der Waals surface area contributed by atoms with Crippen LogP contribution in [0.5, 0.6) is 23.0 Å². The van der Waals surface area contributed by atoms with Crippen molar-refractivity contribution in [1.29, 1.82) is 0 Å². The quantitative estimate of drug-likeness (QED) is 0.0424. The molecule has 0 spiro atoms. The van der Waals surface area contributed by atoms with Crippen LogP contribution in [0.1, 0.15) is 34.8 Å². The number of halogens is 5. The molecule has 5 aromatic carbocycles. The number of alkyl halides is 1. The van der Waals surface area contributed by atoms with Crippen molar-refractivity contribution in [3.05, 3.63) is 168 Å². The van der Waals surface area contributed by atoms with E-state index in [9.17, 15) is 0 Å². The third kappa shape index (κ3) is 20.2. The van der Waals surface area contributed by atoms with Gasteiger partial charge in [0.2, 0.25) is 0 Å². The summed E-state index contributed by atoms with van der Waals surface area (Å²) in [5.74, 6) is 2.29. The molecule has 0 aliphatic carbocycles. The fraction of sp³-hybridized carbons (Fsp3) is 0.0750. The first kappa shape index (κ1) is 53.4. The van der Waals surface area contributed by atoms with Gasteiger partial charge in [0, 0.05) is 5.88 Å². The van der Waals surface area contributed by atoms with Gasteiger partial charge in [-0.15, -0.1) is 11.6 Å². The van der Waals surface area contributed by atoms with Gasteiger partial charge in [0.1, 0.15) is 36.2 Å². The molecule has 0 unspecified atom stereocenters. The fourth-order valence-corrected chi connectivity index (χ4v) is 5.54. The van der Waals surface area contributed by atoms with Crippen molar-refractivity contribution in [2.75, 3.05) is 0 Å². The van der Waals surface area contributed by atoms with E-state index in [0.717, 1.165) is 53.8 Å². The summed E-state index contributed by atoms with van der Waals surface area (Å²) >= 11 is 18.8. The number of aromatic hydroxyl groups is 2. The predicted molar refractivity (Wildman–Crippen MR) is 223 cm³/mol. The molecule has 0 saturated heterocycles. The van der Waals surface area contributed by atoms with Gasteiger partial charge >= 0.3 is 103 Å². The van der Waals surface area contributed by atoms with E-state index in [1.807, 2.05) is 103 Å². The average Bonchev–Trinajstić information content (AvgIpc) is 3.17. The molecule has 5 rings (SSSR count). The van der Waals surface area contributed by atoms with Crippen LogP contribution in [0, 0.1) is 0 Å². The maximum Gasteiger partial charge on any atom is 1.00 e. The van der Waals surface area contributed by atoms with Gasteiger partial charge in [0.05, 0.1) is 17.9 Å². The summed E-state index contributed by atoms with van der Waals surface area (Å²) in [6.45, 7) is 12.0. The number of ether oxygens (including phenoxy) is 2. The molecule has 0 atom stereocenters. The summed E-state index contributed by atoms with van der Waals surface area (Å²) in [5, 5.41) is 26.5. The summed E-state index contributed by atoms with van der Waals surface area (Å²) < 4.78 is 14.6. The molecule has 0 aliphatic rings. The Bertz CT molecular complexity index is 1770. The number of carbonyl (C=O) groups excluding carboxylic acids is 1. The molecule has 5 aromatic rings. The zero-order chi connectivity index (χ0) is 38.5. The molecule has 0 heterocycles. The smallest absolute Gasteiger partial charge is 1.00 e. The second kappa shape index (κ2) is 30.5. The fourth-order valence-electron chi connectivity index (χ4n) is 3.82. The van der Waals surface area contributed by atoms with Gasteiger partial charge in [-0.05, 0) is 121 Å². The molecule has 54 heavy (non-hydrogen) atoms. The van der Waals surface area contributed by atoms with E-state index < -0.39 is 0 Å². The Hall–Kier alpha value is -0.567. The minimum absolute atomic E-state index is 0. The third-order valence-corrected chi connectivity index (χ3v) is 9.45. The van der Waals surface area contributed by atoms with Crippen molar-refractivity contribution in [1.82, 2.24) is 0 Å². The topological polar surface area (TPSA) is 108 Å². The van der Waals surface area contributed by atoms with E-state index in [4.69, 9.17) is 41.3 Å². The summed E-state index contributed by atoms with van der Waals surface area (Å²) in [4.78, 5) is 11.2. The SMILES string of the molecule is C=Cc1ccc(CCl)cc1.C=Cc1ccc(COc2cc(Br)c(OCc3ccc(C=C)cc3)cc2Br)cc1.O=CO[O-].Oc1cc(Br)c(O)cc1Br.[H-].[K+].[K+]. The Kier molecular flexibility index (Phi) is 30.2. The zero-order valence-corrected chi connectivity index (χ0v) is 43.0. The number of carbonyl (C=O) groups is 1. The molecule has 0 aliphatic heterocycles. The standard InChI is InChI=1S/C24H20Br2O2.C9H9Cl.C6H4Br2O2.CH2O3.2K.H/c1-3-17-5-9-19(10-6-17)15-27-23-13-22(26)24(14-21(23)25)28-16-20-11-7-18(4-2)8-12-20;1-2-8-3-5-9(7-10)6-4-8;7-3-1-5(9)4(8)2-6(3)10;2-1-4-3;;;/h3-14H,1-2,15-16H2;2-6H,1,7H2;1-2,9-10H;1,3H;;;/q;;;;2*+1;-1/p-1. The van der Waals surface area contributed by atoms with Crippen LogP contribution in [0.15, 0.2) is 135 Å². The molecule has 7 nitrogen and oxygen atoms in total. The molecule has 274 valence electrons. The van der Waals surface area contributed by atoms with Crippen molar-refractivity contribution in [2.24, 2.45) is 0 Å². The Morgan fingerprint density at radius 2 is 0.889 bits per heavy atom. The van der Waals surface area contributed by atoms with Crippen LogP contribution in [0.4, 0.5) is 0 Å². The van der Waals surface area contributed by atoms with E-state index in [-0.39, 0.29) is 122 Å². The number of phenolic OH excluding ortho intramolecular Hbond substituents is 2. The minimum Gasteiger partial charge on any atom is -1.00 e. The number of phenols is 2. The molecule has 0 bridgehead atoms. The Balaban J connectivity index is 0. The summed E-state index contributed by atoms with van der Waals surface area (Å²) in [6.07, 6.45) is 5.47. The molecule has 0 saturated carbocycles. The van der Waals surface area contributed by atoms with Crippen molar-refractivity contribution in [3.63, 3.8) is 0 Å². The molecule has 2 N–H and O–H groups in total. The molecular formula is C40H35Br4ClK2O7. The normalized spacial score (nSPS) is 9.30. The van der Waals surface area contributed by atoms with Gasteiger partial charge in [-0.1, -0.05) is 111 Å². The van der Waals surface area contributed by atoms with Crippen LogP contribution in [0.2, 0.25) is 0 Å². The first-order chi connectivity index (χ1) is 25.0. The Morgan fingerprint density at radius 3 is 1.15 bits per heavy atom. The molecular weight excluding hydrogens is 1030 g/mol. The molecule has 0 fully saturated rings. The van der Waals surface area contributed by atoms with E-state index in [1.54, 1.807) is 0 Å². The van der Waals surface area contributed by atoms with Crippen molar-refractivity contribution < 1.29 is 139 Å². The van der Waals surface area contributed by atoms with Gasteiger partial charge in [-0.25, -0.2) is 0 Å². The van der Waals surface area contributed by atoms with Gasteiger partial charge in [-0.3, -0.25) is 4.79 Å². The number of hydrogen-bond acceptors (Lipinski definition) is 7. The molecule has 0 aromatic heterocycles. The Morgan fingerprint density at radius 1 is 0.593 bits per heavy atom. The third-order valence-electron chi connectivity index (χ3n) is 6.63. The maximum atomic E-state index is 9.04. The van der Waals surface area contributed by atoms with Crippen LogP contribution in [-0.2, 0) is 28.8 Å². The van der Waals surface area contributed by atoms with Crippen LogP contribution in [0.3, 0.4) is 0 Å². The second-order valence-electron chi connectivity index (χ2n) is 10.2. The average molecular weight is 1060 g/mol. The summed E-state index contributed by atoms with van der Waals surface area (Å²) in [7, 11) is 0. The van der Waals surface area contributed by atoms with Crippen molar-refractivity contribution >= 4 is 100 Å². The van der Waals surface area contributed by atoms with Crippen LogP contribution in [0.25, 0.3) is 18.2 Å². The van der Waals surface area contributed by atoms with Crippen LogP contribution < -0.4 is 118 Å². The van der Waals surface area contributed by atoms with E-state index in [1.165, 1.54) is 12.1 Å². The number of hydrogen-bond donors (Lipinski definition) is 2. The van der Waals surface area contributed by atoms with E-state index in [2.05, 4.69) is 88.3 Å². The van der Waals surface area contributed by atoms with Crippen LogP contribution in [-0.4, -0.2) is 16.7 Å². The monoisotopic (exact) mass is 1060 g/mol. The minimum atomic E-state index is -0.181. The van der Waals surface area contributed by atoms with Crippen molar-refractivity contribution in [3.8, 4) is 23.0 Å². The first-order valence-corrected chi connectivity index (χ1v) is 18.7. The number of benzene rings is 5. The molecule has 0 amide bonds. The van der Waals surface area contributed by atoms with E-state index in [0.29, 0.717) is 28.0 Å². The van der Waals surface area contributed by atoms with Gasteiger partial charge < -0.3 is 31.3 Å². The summed E-state index contributed by atoms with van der Waals surface area (Å²) in [6, 6.07) is 30.9. The first-order valence-electron chi connectivity index (χ1n) is 15.0. The zero-order valence-electron chi connectivity index (χ0n) is 30.6. The van der Waals surface area contributed by atoms with Crippen molar-refractivity contribution in [2.45, 2.75) is 19.1 Å². The molecule has 0 radical (unpaired) electrons. The summed E-state index contributed by atoms with van der Waals surface area (Å²) in [5.41, 5.74) is 6.65. The van der Waals surface area contributed by atoms with Gasteiger partial charge in [-0.2, -0.15) is 0 Å². The van der Waals surface area contributed by atoms with Crippen LogP contribution >= 0.6 is 75.3 Å². The maximum absolute atomic E-state index is 9.04. The Labute approximate surface area is 441 Å². The predicted octanol–water partition coefficient (Wildman–Crippen LogP) is 5.90. The number of rotatable bonds is 11. The largest absolute Gasteiger partial charge is 1.00 e. The molecule has 14 heteroatoms. The van der Waals surface area contributed by atoms with E-state index >= 15 is 0 Å².